The fourth-order valence-electron chi connectivity index (χ4n) is 1.74. The molecule has 0 aliphatic carbocycles. The Hall–Kier alpha value is -1.54. The molecule has 1 fully saturated rings. The molecule has 0 saturated carbocycles. The first-order chi connectivity index (χ1) is 8.72. The van der Waals surface area contributed by atoms with Crippen LogP contribution in [0.5, 0.6) is 0 Å². The van der Waals surface area contributed by atoms with E-state index in [0.717, 1.165) is 12.4 Å². The second kappa shape index (κ2) is 5.87. The molecule has 1 amide bonds. The zero-order valence-electron chi connectivity index (χ0n) is 10.1. The smallest absolute Gasteiger partial charge is 0.221 e. The molecule has 1 aromatic rings. The molecule has 0 aromatic carbocycles. The van der Waals surface area contributed by atoms with Gasteiger partial charge in [-0.15, -0.1) is 0 Å². The molecule has 0 atom stereocenters. The summed E-state index contributed by atoms with van der Waals surface area (Å²) in [5.41, 5.74) is 2.53. The highest BCUT2D eigenvalue weighted by Gasteiger charge is 2.16. The summed E-state index contributed by atoms with van der Waals surface area (Å²) in [6, 6.07) is 1.79. The largest absolute Gasteiger partial charge is 0.354 e. The van der Waals surface area contributed by atoms with Crippen LogP contribution >= 0.6 is 11.8 Å². The number of nitrogens with two attached hydrogens (primary N) is 1. The first kappa shape index (κ1) is 12.9. The number of carbonyl (C=O) groups excluding carboxylic acids is 1. The van der Waals surface area contributed by atoms with Crippen molar-refractivity contribution in [2.24, 2.45) is 5.84 Å². The van der Waals surface area contributed by atoms with E-state index in [1.807, 2.05) is 6.26 Å². The average molecular weight is 268 g/mol. The summed E-state index contributed by atoms with van der Waals surface area (Å²) in [6.07, 6.45) is 2.39. The van der Waals surface area contributed by atoms with Crippen LogP contribution in [0.1, 0.15) is 6.42 Å². The van der Waals surface area contributed by atoms with E-state index >= 15 is 0 Å². The minimum absolute atomic E-state index is 0.0776. The number of nitrogen functional groups attached to an aromatic ring is 1. The number of thioether (sulfide) groups is 1. The lowest BCUT2D eigenvalue weighted by molar-refractivity contribution is -0.120. The summed E-state index contributed by atoms with van der Waals surface area (Å²) in [7, 11) is 0. The van der Waals surface area contributed by atoms with E-state index in [1.165, 1.54) is 11.8 Å². The number of anilines is 2. The predicted molar refractivity (Wildman–Crippen MR) is 71.5 cm³/mol. The average Bonchev–Trinajstić information content (AvgIpc) is 2.63. The third-order valence-electron chi connectivity index (χ3n) is 2.66. The van der Waals surface area contributed by atoms with Crippen molar-refractivity contribution in [3.05, 3.63) is 6.07 Å². The molecule has 0 radical (unpaired) electrons. The van der Waals surface area contributed by atoms with Gasteiger partial charge in [-0.2, -0.15) is 0 Å². The molecule has 1 aliphatic rings. The zero-order valence-corrected chi connectivity index (χ0v) is 11.0. The molecule has 18 heavy (non-hydrogen) atoms. The van der Waals surface area contributed by atoms with Crippen molar-refractivity contribution in [2.45, 2.75) is 11.6 Å². The van der Waals surface area contributed by atoms with Crippen molar-refractivity contribution in [3.8, 4) is 0 Å². The predicted octanol–water partition coefficient (Wildman–Crippen LogP) is -0.190. The van der Waals surface area contributed by atoms with Gasteiger partial charge in [0.1, 0.15) is 11.6 Å². The van der Waals surface area contributed by atoms with Crippen LogP contribution in [0.4, 0.5) is 11.6 Å². The summed E-state index contributed by atoms with van der Waals surface area (Å²) >= 11 is 1.46. The van der Waals surface area contributed by atoms with Gasteiger partial charge in [-0.3, -0.25) is 4.79 Å². The number of carbonyl (C=O) groups is 1. The van der Waals surface area contributed by atoms with E-state index < -0.39 is 0 Å². The molecule has 7 nitrogen and oxygen atoms in total. The van der Waals surface area contributed by atoms with Crippen LogP contribution in [0.15, 0.2) is 11.2 Å². The van der Waals surface area contributed by atoms with Crippen LogP contribution in [-0.4, -0.2) is 41.8 Å². The van der Waals surface area contributed by atoms with Crippen LogP contribution in [0.2, 0.25) is 0 Å². The molecule has 0 spiro atoms. The lowest BCUT2D eigenvalue weighted by Crippen LogP contribution is -2.29. The van der Waals surface area contributed by atoms with Gasteiger partial charge in [-0.05, 0) is 6.26 Å². The Balaban J connectivity index is 2.22. The van der Waals surface area contributed by atoms with E-state index in [-0.39, 0.29) is 5.91 Å². The maximum atomic E-state index is 11.3. The van der Waals surface area contributed by atoms with Crippen molar-refractivity contribution >= 4 is 29.3 Å². The number of nitrogens with zero attached hydrogens (tertiary/aromatic N) is 3. The molecule has 98 valence electrons. The first-order valence-electron chi connectivity index (χ1n) is 5.64. The van der Waals surface area contributed by atoms with Gasteiger partial charge in [0.05, 0.1) is 0 Å². The molecule has 0 bridgehead atoms. The maximum absolute atomic E-state index is 11.3. The summed E-state index contributed by atoms with van der Waals surface area (Å²) in [4.78, 5) is 22.0. The van der Waals surface area contributed by atoms with E-state index in [4.69, 9.17) is 5.84 Å². The van der Waals surface area contributed by atoms with Crippen LogP contribution in [0, 0.1) is 0 Å². The van der Waals surface area contributed by atoms with Gasteiger partial charge in [0, 0.05) is 32.1 Å². The second-order valence-electron chi connectivity index (χ2n) is 3.83. The van der Waals surface area contributed by atoms with Crippen LogP contribution < -0.4 is 21.5 Å². The normalized spacial score (nSPS) is 16.1. The molecule has 4 N–H and O–H groups in total. The number of hydrogen-bond acceptors (Lipinski definition) is 7. The van der Waals surface area contributed by atoms with Crippen molar-refractivity contribution in [1.82, 2.24) is 15.3 Å². The number of hydrogen-bond donors (Lipinski definition) is 3. The van der Waals surface area contributed by atoms with Gasteiger partial charge in [0.25, 0.3) is 0 Å². The number of aromatic nitrogens is 2. The number of hydrazine groups is 1. The van der Waals surface area contributed by atoms with Crippen molar-refractivity contribution in [1.29, 1.82) is 0 Å². The molecule has 8 heteroatoms. The van der Waals surface area contributed by atoms with Crippen LogP contribution in [0.25, 0.3) is 0 Å². The van der Waals surface area contributed by atoms with Crippen molar-refractivity contribution in [2.75, 3.05) is 36.2 Å². The third-order valence-corrected chi connectivity index (χ3v) is 3.21. The maximum Gasteiger partial charge on any atom is 0.221 e. The highest BCUT2D eigenvalue weighted by atomic mass is 32.2. The highest BCUT2D eigenvalue weighted by Crippen LogP contribution is 2.20. The third kappa shape index (κ3) is 3.02. The molecule has 0 unspecified atom stereocenters. The monoisotopic (exact) mass is 268 g/mol. The molecule has 2 heterocycles. The topological polar surface area (TPSA) is 96.2 Å². The van der Waals surface area contributed by atoms with Gasteiger partial charge in [-0.1, -0.05) is 11.8 Å². The van der Waals surface area contributed by atoms with Gasteiger partial charge in [-0.25, -0.2) is 15.8 Å². The number of nitrogens with one attached hydrogen (secondary N) is 2. The fraction of sp³-hybridized carbons (Fsp3) is 0.500. The Labute approximate surface area is 110 Å². The van der Waals surface area contributed by atoms with E-state index in [2.05, 4.69) is 25.6 Å². The zero-order chi connectivity index (χ0) is 13.0. The lowest BCUT2D eigenvalue weighted by Gasteiger charge is -2.21. The molecule has 1 saturated heterocycles. The van der Waals surface area contributed by atoms with E-state index in [1.54, 1.807) is 6.07 Å². The number of rotatable bonds is 3. The molecule has 1 aliphatic heterocycles. The molecular formula is C10H16N6OS. The van der Waals surface area contributed by atoms with Crippen molar-refractivity contribution in [3.63, 3.8) is 0 Å². The van der Waals surface area contributed by atoms with Gasteiger partial charge < -0.3 is 15.6 Å². The minimum atomic E-state index is 0.0776. The Morgan fingerprint density at radius 1 is 1.50 bits per heavy atom. The van der Waals surface area contributed by atoms with Crippen molar-refractivity contribution < 1.29 is 4.79 Å². The second-order valence-corrected chi connectivity index (χ2v) is 4.60. The van der Waals surface area contributed by atoms with Crippen LogP contribution in [0.3, 0.4) is 0 Å². The first-order valence-corrected chi connectivity index (χ1v) is 6.86. The Bertz CT molecular complexity index is 418. The summed E-state index contributed by atoms with van der Waals surface area (Å²) in [6.45, 7) is 2.02. The van der Waals surface area contributed by atoms with Crippen LogP contribution in [-0.2, 0) is 4.79 Å². The highest BCUT2D eigenvalue weighted by molar-refractivity contribution is 7.98. The molecule has 1 aromatic heterocycles. The lowest BCUT2D eigenvalue weighted by atomic mass is 10.3. The van der Waals surface area contributed by atoms with Gasteiger partial charge in [0.2, 0.25) is 5.91 Å². The van der Waals surface area contributed by atoms with Gasteiger partial charge >= 0.3 is 0 Å². The molecular weight excluding hydrogens is 252 g/mol. The van der Waals surface area contributed by atoms with E-state index in [9.17, 15) is 4.79 Å². The SMILES string of the molecule is CSc1nc(NN)cc(N2CCNC(=O)CC2)n1. The summed E-state index contributed by atoms with van der Waals surface area (Å²) in [5.74, 6) is 6.84. The molecule has 2 rings (SSSR count). The standard InChI is InChI=1S/C10H16N6OS/c1-18-10-13-7(15-11)6-8(14-10)16-4-2-9(17)12-3-5-16/h6H,2-5,11H2,1H3,(H,12,17)(H,13,14,15). The quantitative estimate of drug-likeness (QED) is 0.302. The summed E-state index contributed by atoms with van der Waals surface area (Å²) < 4.78 is 0. The summed E-state index contributed by atoms with van der Waals surface area (Å²) in [5, 5.41) is 3.49. The van der Waals surface area contributed by atoms with Gasteiger partial charge in [0.15, 0.2) is 5.16 Å². The number of amides is 1. The minimum Gasteiger partial charge on any atom is -0.354 e. The Kier molecular flexibility index (Phi) is 4.21. The Morgan fingerprint density at radius 3 is 3.06 bits per heavy atom. The Morgan fingerprint density at radius 2 is 2.33 bits per heavy atom. The van der Waals surface area contributed by atoms with E-state index in [0.29, 0.717) is 30.5 Å². The fourth-order valence-corrected chi connectivity index (χ4v) is 2.11.